The quantitative estimate of drug-likeness (QED) is 0.0795. The molecule has 8 heteroatoms. The number of hydrazine groups is 1. The number of likely N-dealkylation sites (N-methyl/N-ethyl adjacent to an activating group) is 1. The Kier molecular flexibility index (Phi) is 6.80. The molecule has 1 aromatic heterocycles. The third-order valence-electron chi connectivity index (χ3n) is 8.99. The summed E-state index contributed by atoms with van der Waals surface area (Å²) in [4.78, 5) is 22.9. The molecule has 0 saturated heterocycles. The second-order valence-corrected chi connectivity index (χ2v) is 11.4. The maximum atomic E-state index is 13.5. The molecule has 3 aliphatic rings. The van der Waals surface area contributed by atoms with E-state index in [2.05, 4.69) is 15.6 Å². The second-order valence-electron chi connectivity index (χ2n) is 11.4. The van der Waals surface area contributed by atoms with Crippen LogP contribution in [-0.4, -0.2) is 34.8 Å². The van der Waals surface area contributed by atoms with E-state index in [1.807, 2.05) is 72.8 Å². The lowest BCUT2D eigenvalue weighted by Gasteiger charge is -2.21. The van der Waals surface area contributed by atoms with Gasteiger partial charge in [0.25, 0.3) is 5.91 Å². The molecule has 2 atom stereocenters. The average molecular weight is 536 g/mol. The summed E-state index contributed by atoms with van der Waals surface area (Å²) < 4.78 is 0. The van der Waals surface area contributed by atoms with Crippen LogP contribution >= 0.6 is 0 Å². The lowest BCUT2D eigenvalue weighted by molar-refractivity contribution is -0.125. The van der Waals surface area contributed by atoms with Gasteiger partial charge >= 0.3 is 0 Å². The Morgan fingerprint density at radius 1 is 1.02 bits per heavy atom. The molecule has 0 aliphatic heterocycles. The number of amidine groups is 1. The van der Waals surface area contributed by atoms with Crippen LogP contribution < -0.4 is 22.2 Å². The summed E-state index contributed by atoms with van der Waals surface area (Å²) in [7, 11) is 1.53. The van der Waals surface area contributed by atoms with Gasteiger partial charge in [0.2, 0.25) is 0 Å². The zero-order chi connectivity index (χ0) is 27.7. The van der Waals surface area contributed by atoms with E-state index < -0.39 is 5.91 Å². The van der Waals surface area contributed by atoms with Gasteiger partial charge in [-0.05, 0) is 67.3 Å². The third kappa shape index (κ3) is 4.95. The van der Waals surface area contributed by atoms with E-state index in [9.17, 15) is 4.79 Å². The van der Waals surface area contributed by atoms with Crippen molar-refractivity contribution in [1.82, 2.24) is 15.3 Å². The van der Waals surface area contributed by atoms with Crippen LogP contribution in [0.15, 0.2) is 95.4 Å². The summed E-state index contributed by atoms with van der Waals surface area (Å²) >= 11 is 0. The van der Waals surface area contributed by atoms with Crippen molar-refractivity contribution in [2.24, 2.45) is 27.4 Å². The summed E-state index contributed by atoms with van der Waals surface area (Å²) in [6.07, 6.45) is 9.22. The van der Waals surface area contributed by atoms with Gasteiger partial charge in [0, 0.05) is 36.5 Å². The number of amides is 1. The number of carbonyl (C=O) groups is 1. The van der Waals surface area contributed by atoms with Gasteiger partial charge in [0.05, 0.1) is 11.7 Å². The van der Waals surface area contributed by atoms with Crippen molar-refractivity contribution in [3.63, 3.8) is 0 Å². The molecule has 206 valence electrons. The highest BCUT2D eigenvalue weighted by Gasteiger charge is 2.72. The number of nitrogens with two attached hydrogens (primary N) is 2. The van der Waals surface area contributed by atoms with Crippen LogP contribution in [-0.2, 0) is 11.3 Å². The number of anilines is 1. The number of para-hydroxylation sites is 1. The standard InChI is InChI=1S/C32H37N7O/c1-39(34)30(40)27(28(33)38-26-20-32(26)16-7-15-31(32)17-18-31)29(37-24-8-3-2-4-9-24)36-21-22-11-13-23(14-12-22)25-10-5-6-19-35-25/h2-6,8-14,19,26,36-37H,7,15-18,20-21,34H2,1H3,(H2,33,38)/b29-27-. The highest BCUT2D eigenvalue weighted by Crippen LogP contribution is 2.78. The highest BCUT2D eigenvalue weighted by molar-refractivity contribution is 6.20. The van der Waals surface area contributed by atoms with Crippen molar-refractivity contribution in [2.75, 3.05) is 12.4 Å². The van der Waals surface area contributed by atoms with Crippen LogP contribution in [0.1, 0.15) is 44.1 Å². The Balaban J connectivity index is 1.30. The van der Waals surface area contributed by atoms with E-state index in [0.29, 0.717) is 17.8 Å². The van der Waals surface area contributed by atoms with Crippen LogP contribution in [0.5, 0.6) is 0 Å². The summed E-state index contributed by atoms with van der Waals surface area (Å²) in [5, 5.41) is 7.88. The minimum atomic E-state index is -0.403. The molecule has 40 heavy (non-hydrogen) atoms. The van der Waals surface area contributed by atoms with E-state index >= 15 is 0 Å². The maximum Gasteiger partial charge on any atom is 0.274 e. The fourth-order valence-electron chi connectivity index (χ4n) is 6.58. The van der Waals surface area contributed by atoms with Gasteiger partial charge < -0.3 is 16.4 Å². The first-order valence-corrected chi connectivity index (χ1v) is 14.1. The van der Waals surface area contributed by atoms with E-state index in [1.54, 1.807) is 6.20 Å². The van der Waals surface area contributed by atoms with Crippen LogP contribution in [0.3, 0.4) is 0 Å². The first-order chi connectivity index (χ1) is 19.4. The number of fused-ring (bicyclic) bond motifs is 1. The lowest BCUT2D eigenvalue weighted by atomic mass is 9.89. The number of pyridine rings is 1. The molecular formula is C32H37N7O. The first-order valence-electron chi connectivity index (χ1n) is 14.1. The molecule has 0 bridgehead atoms. The Labute approximate surface area is 235 Å². The van der Waals surface area contributed by atoms with Gasteiger partial charge in [-0.3, -0.25) is 19.8 Å². The molecule has 1 heterocycles. The summed E-state index contributed by atoms with van der Waals surface area (Å²) in [5.41, 5.74) is 11.5. The topological polar surface area (TPSA) is 122 Å². The number of hydrogen-bond acceptors (Lipinski definition) is 6. The number of rotatable bonds is 9. The SMILES string of the molecule is CN(N)C(=O)/C(C(N)=NC1CC12CCCC21CC1)=C(/NCc1ccc(-c2ccccn2)cc1)Nc1ccccc1. The molecule has 1 amide bonds. The highest BCUT2D eigenvalue weighted by atomic mass is 16.2. The second kappa shape index (κ2) is 10.4. The van der Waals surface area contributed by atoms with Gasteiger partial charge in [0.15, 0.2) is 0 Å². The minimum Gasteiger partial charge on any atom is -0.383 e. The van der Waals surface area contributed by atoms with Crippen molar-refractivity contribution in [3.8, 4) is 11.3 Å². The number of nitrogens with zero attached hydrogens (tertiary/aromatic N) is 3. The van der Waals surface area contributed by atoms with Gasteiger partial charge in [-0.1, -0.05) is 55.0 Å². The summed E-state index contributed by atoms with van der Waals surface area (Å²) in [5.74, 6) is 6.28. The smallest absolute Gasteiger partial charge is 0.274 e. The minimum absolute atomic E-state index is 0.167. The van der Waals surface area contributed by atoms with Crippen molar-refractivity contribution in [3.05, 3.63) is 96.0 Å². The molecule has 2 unspecified atom stereocenters. The molecule has 6 rings (SSSR count). The Bertz CT molecular complexity index is 1430. The van der Waals surface area contributed by atoms with Crippen molar-refractivity contribution in [2.45, 2.75) is 51.1 Å². The molecule has 2 aromatic carbocycles. The number of nitrogens with one attached hydrogen (secondary N) is 2. The zero-order valence-electron chi connectivity index (χ0n) is 22.9. The molecule has 3 fully saturated rings. The number of hydrogen-bond donors (Lipinski definition) is 4. The van der Waals surface area contributed by atoms with Crippen LogP contribution in [0.2, 0.25) is 0 Å². The maximum absolute atomic E-state index is 13.5. The average Bonchev–Trinajstić information content (AvgIpc) is 3.87. The zero-order valence-corrected chi connectivity index (χ0v) is 22.9. The molecule has 3 saturated carbocycles. The number of carbonyl (C=O) groups excluding carboxylic acids is 1. The Morgan fingerprint density at radius 2 is 1.77 bits per heavy atom. The van der Waals surface area contributed by atoms with E-state index in [1.165, 1.54) is 39.2 Å². The van der Waals surface area contributed by atoms with Crippen LogP contribution in [0, 0.1) is 10.8 Å². The molecule has 8 nitrogen and oxygen atoms in total. The molecule has 3 aromatic rings. The summed E-state index contributed by atoms with van der Waals surface area (Å²) in [6.45, 7) is 0.465. The molecule has 6 N–H and O–H groups in total. The predicted molar refractivity (Wildman–Crippen MR) is 159 cm³/mol. The van der Waals surface area contributed by atoms with Crippen molar-refractivity contribution < 1.29 is 4.79 Å². The molecule has 0 radical (unpaired) electrons. The first kappa shape index (κ1) is 26.1. The van der Waals surface area contributed by atoms with Crippen LogP contribution in [0.25, 0.3) is 11.3 Å². The van der Waals surface area contributed by atoms with Gasteiger partial charge in [0.1, 0.15) is 17.2 Å². The monoisotopic (exact) mass is 535 g/mol. The normalized spacial score (nSPS) is 23.1. The molecule has 2 spiro atoms. The number of aromatic nitrogens is 1. The van der Waals surface area contributed by atoms with Crippen LogP contribution in [0.4, 0.5) is 5.69 Å². The predicted octanol–water partition coefficient (Wildman–Crippen LogP) is 4.57. The fraction of sp³-hybridized carbons (Fsp3) is 0.344. The molecule has 3 aliphatic carbocycles. The number of aliphatic imine (C=N–C) groups is 1. The molecular weight excluding hydrogens is 498 g/mol. The summed E-state index contributed by atoms with van der Waals surface area (Å²) in [6, 6.07) is 23.9. The van der Waals surface area contributed by atoms with E-state index in [4.69, 9.17) is 16.6 Å². The van der Waals surface area contributed by atoms with Gasteiger partial charge in [-0.25, -0.2) is 5.84 Å². The fourth-order valence-corrected chi connectivity index (χ4v) is 6.58. The largest absolute Gasteiger partial charge is 0.383 e. The van der Waals surface area contributed by atoms with Gasteiger partial charge in [-0.2, -0.15) is 0 Å². The van der Waals surface area contributed by atoms with Crippen molar-refractivity contribution >= 4 is 17.4 Å². The van der Waals surface area contributed by atoms with E-state index in [-0.39, 0.29) is 22.9 Å². The van der Waals surface area contributed by atoms with Crippen molar-refractivity contribution in [1.29, 1.82) is 0 Å². The van der Waals surface area contributed by atoms with Gasteiger partial charge in [-0.15, -0.1) is 0 Å². The van der Waals surface area contributed by atoms with E-state index in [0.717, 1.165) is 33.9 Å². The third-order valence-corrected chi connectivity index (χ3v) is 8.99. The Hall–Kier alpha value is -4.17. The Morgan fingerprint density at radius 3 is 2.45 bits per heavy atom. The number of benzene rings is 2. The lowest BCUT2D eigenvalue weighted by Crippen LogP contribution is -2.41.